The van der Waals surface area contributed by atoms with Gasteiger partial charge in [-0.15, -0.1) is 0 Å². The van der Waals surface area contributed by atoms with E-state index in [1.165, 1.54) is 11.8 Å². The average Bonchev–Trinajstić information content (AvgIpc) is 2.50. The molecule has 1 aromatic rings. The van der Waals surface area contributed by atoms with Crippen molar-refractivity contribution in [2.45, 2.75) is 51.7 Å². The highest BCUT2D eigenvalue weighted by molar-refractivity contribution is 7.98. The van der Waals surface area contributed by atoms with Crippen LogP contribution >= 0.6 is 11.8 Å². The molecule has 0 aromatic carbocycles. The molecule has 1 heterocycles. The maximum atomic E-state index is 11.8. The molecule has 0 unspecified atom stereocenters. The normalized spacial score (nSPS) is 10.4. The first-order chi connectivity index (χ1) is 11.2. The number of hydrazine groups is 1. The van der Waals surface area contributed by atoms with Gasteiger partial charge in [-0.1, -0.05) is 11.8 Å². The quantitative estimate of drug-likeness (QED) is 0.306. The van der Waals surface area contributed by atoms with Crippen LogP contribution in [-0.4, -0.2) is 40.0 Å². The van der Waals surface area contributed by atoms with E-state index in [2.05, 4.69) is 26.1 Å². The molecule has 1 rings (SSSR count). The minimum atomic E-state index is -0.905. The number of carbonyl (C=O) groups excluding carboxylic acids is 3. The molecular weight excluding hydrogens is 330 g/mol. The fourth-order valence-electron chi connectivity index (χ4n) is 1.97. The molecule has 0 aliphatic carbocycles. The predicted molar refractivity (Wildman–Crippen MR) is 91.2 cm³/mol. The first-order valence-corrected chi connectivity index (χ1v) is 8.74. The zero-order valence-electron chi connectivity index (χ0n) is 14.5. The third kappa shape index (κ3) is 6.15. The third-order valence-electron chi connectivity index (χ3n) is 3.13. The highest BCUT2D eigenvalue weighted by Crippen LogP contribution is 2.16. The van der Waals surface area contributed by atoms with Crippen LogP contribution in [0.3, 0.4) is 0 Å². The molecule has 0 aliphatic heterocycles. The monoisotopic (exact) mass is 353 g/mol. The number of thioether (sulfide) groups is 1. The summed E-state index contributed by atoms with van der Waals surface area (Å²) in [6.45, 7) is 7.22. The maximum absolute atomic E-state index is 11.8. The van der Waals surface area contributed by atoms with Gasteiger partial charge in [0.25, 0.3) is 0 Å². The molecule has 0 fully saturated rings. The van der Waals surface area contributed by atoms with Crippen LogP contribution in [0.5, 0.6) is 0 Å². The van der Waals surface area contributed by atoms with E-state index in [0.29, 0.717) is 11.6 Å². The fourth-order valence-corrected chi connectivity index (χ4v) is 2.43. The second-order valence-corrected chi connectivity index (χ2v) is 6.26. The molecule has 0 saturated carbocycles. The molecule has 3 amide bonds. The van der Waals surface area contributed by atoms with Crippen molar-refractivity contribution in [1.82, 2.24) is 26.1 Å². The van der Waals surface area contributed by atoms with Gasteiger partial charge in [0.15, 0.2) is 5.16 Å². The Labute approximate surface area is 145 Å². The molecule has 0 spiro atoms. The van der Waals surface area contributed by atoms with Gasteiger partial charge in [0.1, 0.15) is 0 Å². The van der Waals surface area contributed by atoms with Gasteiger partial charge in [-0.05, 0) is 45.9 Å². The Morgan fingerprint density at radius 2 is 1.62 bits per heavy atom. The average molecular weight is 353 g/mol. The minimum absolute atomic E-state index is 0.149. The van der Waals surface area contributed by atoms with Crippen molar-refractivity contribution in [2.75, 3.05) is 6.26 Å². The number of hydrogen-bond donors (Lipinski definition) is 3. The summed E-state index contributed by atoms with van der Waals surface area (Å²) in [5.41, 5.74) is 6.89. The number of aryl methyl sites for hydroxylation is 2. The summed E-state index contributed by atoms with van der Waals surface area (Å²) in [4.78, 5) is 43.4. The van der Waals surface area contributed by atoms with Gasteiger partial charge in [0, 0.05) is 23.9 Å². The number of hydrogen-bond acceptors (Lipinski definition) is 6. The Kier molecular flexibility index (Phi) is 7.63. The van der Waals surface area contributed by atoms with E-state index in [1.807, 2.05) is 20.1 Å². The molecule has 9 heteroatoms. The van der Waals surface area contributed by atoms with E-state index < -0.39 is 17.7 Å². The Hall–Kier alpha value is -2.16. The second kappa shape index (κ2) is 9.21. The number of nitrogens with one attached hydrogen (secondary N) is 3. The van der Waals surface area contributed by atoms with Gasteiger partial charge in [-0.25, -0.2) is 9.97 Å². The van der Waals surface area contributed by atoms with Crippen molar-refractivity contribution in [3.63, 3.8) is 0 Å². The topological polar surface area (TPSA) is 113 Å². The Morgan fingerprint density at radius 3 is 2.12 bits per heavy atom. The number of carbonyl (C=O) groups is 3. The van der Waals surface area contributed by atoms with Crippen molar-refractivity contribution >= 4 is 29.5 Å². The molecule has 0 bridgehead atoms. The lowest BCUT2D eigenvalue weighted by Crippen LogP contribution is -2.49. The van der Waals surface area contributed by atoms with Crippen molar-refractivity contribution in [3.05, 3.63) is 17.0 Å². The first kappa shape index (κ1) is 19.9. The standard InChI is InChI=1S/C15H23N5O3S/c1-8(2)16-13(22)14(23)20-19-12(21)7-6-11-9(3)17-15(24-5)18-10(11)4/h8H,6-7H2,1-5H3,(H,16,22)(H,19,21)(H,20,23). The molecule has 0 aliphatic rings. The van der Waals surface area contributed by atoms with Crippen LogP contribution in [0.25, 0.3) is 0 Å². The van der Waals surface area contributed by atoms with Crippen LogP contribution in [0.15, 0.2) is 5.16 Å². The van der Waals surface area contributed by atoms with Crippen molar-refractivity contribution in [3.8, 4) is 0 Å². The van der Waals surface area contributed by atoms with E-state index in [1.54, 1.807) is 13.8 Å². The maximum Gasteiger partial charge on any atom is 0.327 e. The van der Waals surface area contributed by atoms with Crippen LogP contribution in [0.1, 0.15) is 37.2 Å². The molecule has 0 saturated heterocycles. The summed E-state index contributed by atoms with van der Waals surface area (Å²) in [5.74, 6) is -2.09. The summed E-state index contributed by atoms with van der Waals surface area (Å²) in [7, 11) is 0. The third-order valence-corrected chi connectivity index (χ3v) is 3.67. The Balaban J connectivity index is 2.50. The lowest BCUT2D eigenvalue weighted by atomic mass is 10.1. The van der Waals surface area contributed by atoms with Crippen LogP contribution in [-0.2, 0) is 20.8 Å². The van der Waals surface area contributed by atoms with Crippen LogP contribution in [0.4, 0.5) is 0 Å². The smallest absolute Gasteiger partial charge is 0.327 e. The van der Waals surface area contributed by atoms with Crippen molar-refractivity contribution in [2.24, 2.45) is 0 Å². The second-order valence-electron chi connectivity index (χ2n) is 5.49. The zero-order chi connectivity index (χ0) is 18.3. The van der Waals surface area contributed by atoms with E-state index in [9.17, 15) is 14.4 Å². The zero-order valence-corrected chi connectivity index (χ0v) is 15.3. The highest BCUT2D eigenvalue weighted by atomic mass is 32.2. The lowest BCUT2D eigenvalue weighted by Gasteiger charge is -2.11. The van der Waals surface area contributed by atoms with Gasteiger partial charge in [0.2, 0.25) is 5.91 Å². The molecular formula is C15H23N5O3S. The number of aromatic nitrogens is 2. The molecule has 24 heavy (non-hydrogen) atoms. The van der Waals surface area contributed by atoms with E-state index in [4.69, 9.17) is 0 Å². The van der Waals surface area contributed by atoms with Gasteiger partial charge in [-0.3, -0.25) is 25.2 Å². The Bertz CT molecular complexity index is 611. The summed E-state index contributed by atoms with van der Waals surface area (Å²) >= 11 is 1.46. The number of amides is 3. The van der Waals surface area contributed by atoms with E-state index in [-0.39, 0.29) is 12.5 Å². The molecule has 0 radical (unpaired) electrons. The lowest BCUT2D eigenvalue weighted by molar-refractivity contribution is -0.141. The molecule has 132 valence electrons. The van der Waals surface area contributed by atoms with E-state index in [0.717, 1.165) is 17.0 Å². The summed E-state index contributed by atoms with van der Waals surface area (Å²) in [6.07, 6.45) is 2.50. The van der Waals surface area contributed by atoms with Crippen LogP contribution in [0, 0.1) is 13.8 Å². The van der Waals surface area contributed by atoms with Crippen molar-refractivity contribution < 1.29 is 14.4 Å². The molecule has 1 aromatic heterocycles. The highest BCUT2D eigenvalue weighted by Gasteiger charge is 2.15. The molecule has 8 nitrogen and oxygen atoms in total. The van der Waals surface area contributed by atoms with Gasteiger partial charge >= 0.3 is 11.8 Å². The fraction of sp³-hybridized carbons (Fsp3) is 0.533. The largest absolute Gasteiger partial charge is 0.346 e. The van der Waals surface area contributed by atoms with Gasteiger partial charge in [0.05, 0.1) is 0 Å². The Morgan fingerprint density at radius 1 is 1.04 bits per heavy atom. The van der Waals surface area contributed by atoms with Crippen LogP contribution < -0.4 is 16.2 Å². The van der Waals surface area contributed by atoms with Gasteiger partial charge in [-0.2, -0.15) is 0 Å². The number of rotatable bonds is 5. The first-order valence-electron chi connectivity index (χ1n) is 7.52. The van der Waals surface area contributed by atoms with Crippen molar-refractivity contribution in [1.29, 1.82) is 0 Å². The summed E-state index contributed by atoms with van der Waals surface area (Å²) in [5, 5.41) is 3.12. The molecule has 0 atom stereocenters. The summed E-state index contributed by atoms with van der Waals surface area (Å²) < 4.78 is 0. The minimum Gasteiger partial charge on any atom is -0.346 e. The van der Waals surface area contributed by atoms with Gasteiger partial charge < -0.3 is 5.32 Å². The van der Waals surface area contributed by atoms with E-state index >= 15 is 0 Å². The summed E-state index contributed by atoms with van der Waals surface area (Å²) in [6, 6.07) is -0.158. The molecule has 3 N–H and O–H groups in total. The number of nitrogens with zero attached hydrogens (tertiary/aromatic N) is 2. The van der Waals surface area contributed by atoms with Crippen LogP contribution in [0.2, 0.25) is 0 Å². The predicted octanol–water partition coefficient (Wildman–Crippen LogP) is 0.420. The SMILES string of the molecule is CSc1nc(C)c(CCC(=O)NNC(=O)C(=O)NC(C)C)c(C)n1.